The third kappa shape index (κ3) is 3.67. The fraction of sp³-hybridized carbons (Fsp3) is 0.417. The van der Waals surface area contributed by atoms with Gasteiger partial charge in [0.25, 0.3) is 0 Å². The van der Waals surface area contributed by atoms with Gasteiger partial charge in [-0.3, -0.25) is 5.41 Å². The molecular formula is C12H17BrN2. The summed E-state index contributed by atoms with van der Waals surface area (Å²) in [5, 5.41) is 7.95. The minimum absolute atomic E-state index is 0.697. The first-order valence-electron chi connectivity index (χ1n) is 5.24. The summed E-state index contributed by atoms with van der Waals surface area (Å²) in [6.07, 6.45) is 0.717. The molecule has 0 saturated carbocycles. The molecule has 1 rings (SSSR count). The minimum atomic E-state index is 0.697. The summed E-state index contributed by atoms with van der Waals surface area (Å²) in [5.41, 5.74) is 1.19. The molecule has 0 amide bonds. The van der Waals surface area contributed by atoms with Crippen LogP contribution in [0.4, 0.5) is 0 Å². The van der Waals surface area contributed by atoms with Crippen molar-refractivity contribution in [3.8, 4) is 0 Å². The number of nitrogens with zero attached hydrogens (tertiary/aromatic N) is 1. The Morgan fingerprint density at radius 2 is 1.73 bits per heavy atom. The van der Waals surface area contributed by atoms with Gasteiger partial charge >= 0.3 is 0 Å². The van der Waals surface area contributed by atoms with E-state index in [4.69, 9.17) is 5.41 Å². The molecule has 82 valence electrons. The number of amidine groups is 1. The van der Waals surface area contributed by atoms with Crippen LogP contribution in [0.1, 0.15) is 19.4 Å². The van der Waals surface area contributed by atoms with Gasteiger partial charge in [-0.25, -0.2) is 0 Å². The number of nitrogens with one attached hydrogen (secondary N) is 1. The van der Waals surface area contributed by atoms with Crippen molar-refractivity contribution in [2.75, 3.05) is 13.1 Å². The molecular weight excluding hydrogens is 252 g/mol. The van der Waals surface area contributed by atoms with Crippen molar-refractivity contribution in [3.05, 3.63) is 34.3 Å². The minimum Gasteiger partial charge on any atom is -0.361 e. The largest absolute Gasteiger partial charge is 0.361 e. The molecule has 0 aliphatic carbocycles. The molecule has 0 atom stereocenters. The van der Waals surface area contributed by atoms with Crippen molar-refractivity contribution in [3.63, 3.8) is 0 Å². The summed E-state index contributed by atoms with van der Waals surface area (Å²) in [6, 6.07) is 8.15. The van der Waals surface area contributed by atoms with E-state index in [1.54, 1.807) is 0 Å². The lowest BCUT2D eigenvalue weighted by Gasteiger charge is -2.21. The Labute approximate surface area is 99.9 Å². The highest BCUT2D eigenvalue weighted by atomic mass is 79.9. The Morgan fingerprint density at radius 3 is 2.20 bits per heavy atom. The first-order chi connectivity index (χ1) is 7.17. The Kier molecular flexibility index (Phi) is 4.82. The lowest BCUT2D eigenvalue weighted by atomic mass is 10.1. The van der Waals surface area contributed by atoms with Crippen LogP contribution in [0, 0.1) is 5.41 Å². The molecule has 3 heteroatoms. The smallest absolute Gasteiger partial charge is 0.100 e. The van der Waals surface area contributed by atoms with Crippen molar-refractivity contribution in [2.24, 2.45) is 0 Å². The molecule has 0 radical (unpaired) electrons. The van der Waals surface area contributed by atoms with Gasteiger partial charge in [-0.1, -0.05) is 28.1 Å². The fourth-order valence-electron chi connectivity index (χ4n) is 1.51. The molecule has 0 aromatic heterocycles. The maximum Gasteiger partial charge on any atom is 0.100 e. The highest BCUT2D eigenvalue weighted by molar-refractivity contribution is 9.10. The van der Waals surface area contributed by atoms with Crippen molar-refractivity contribution >= 4 is 21.8 Å². The van der Waals surface area contributed by atoms with Crippen molar-refractivity contribution in [1.29, 1.82) is 5.41 Å². The van der Waals surface area contributed by atoms with Crippen molar-refractivity contribution < 1.29 is 0 Å². The molecule has 1 aromatic carbocycles. The number of likely N-dealkylation sites (N-methyl/N-ethyl adjacent to an activating group) is 1. The molecule has 0 aliphatic heterocycles. The van der Waals surface area contributed by atoms with E-state index in [0.29, 0.717) is 5.84 Å². The monoisotopic (exact) mass is 268 g/mol. The van der Waals surface area contributed by atoms with Gasteiger partial charge in [-0.15, -0.1) is 0 Å². The topological polar surface area (TPSA) is 27.1 Å². The normalized spacial score (nSPS) is 10.1. The molecule has 0 unspecified atom stereocenters. The highest BCUT2D eigenvalue weighted by Gasteiger charge is 2.05. The maximum atomic E-state index is 7.95. The van der Waals surface area contributed by atoms with E-state index in [1.165, 1.54) is 5.56 Å². The van der Waals surface area contributed by atoms with Crippen LogP contribution in [-0.2, 0) is 6.42 Å². The third-order valence-corrected chi connectivity index (χ3v) is 2.96. The molecule has 0 spiro atoms. The van der Waals surface area contributed by atoms with E-state index in [0.717, 1.165) is 24.0 Å². The zero-order valence-electron chi connectivity index (χ0n) is 9.26. The summed E-state index contributed by atoms with van der Waals surface area (Å²) < 4.78 is 1.08. The lowest BCUT2D eigenvalue weighted by molar-refractivity contribution is 0.455. The Bertz CT molecular complexity index is 315. The van der Waals surface area contributed by atoms with E-state index < -0.39 is 0 Å². The molecule has 1 aromatic rings. The van der Waals surface area contributed by atoms with Crippen molar-refractivity contribution in [1.82, 2.24) is 4.90 Å². The molecule has 0 bridgehead atoms. The average Bonchev–Trinajstić information content (AvgIpc) is 2.23. The van der Waals surface area contributed by atoms with E-state index in [2.05, 4.69) is 46.8 Å². The molecule has 0 saturated heterocycles. The van der Waals surface area contributed by atoms with E-state index in [1.807, 2.05) is 12.1 Å². The summed E-state index contributed by atoms with van der Waals surface area (Å²) in [4.78, 5) is 2.07. The first-order valence-corrected chi connectivity index (χ1v) is 6.03. The third-order valence-electron chi connectivity index (χ3n) is 2.43. The van der Waals surface area contributed by atoms with Gasteiger partial charge in [-0.05, 0) is 31.5 Å². The Morgan fingerprint density at radius 1 is 1.20 bits per heavy atom. The first kappa shape index (κ1) is 12.2. The second kappa shape index (κ2) is 5.91. The Balaban J connectivity index is 2.61. The zero-order chi connectivity index (χ0) is 11.3. The molecule has 0 aliphatic rings. The van der Waals surface area contributed by atoms with Gasteiger partial charge in [0.1, 0.15) is 5.84 Å². The predicted molar refractivity (Wildman–Crippen MR) is 68.5 cm³/mol. The van der Waals surface area contributed by atoms with Gasteiger partial charge in [0.2, 0.25) is 0 Å². The van der Waals surface area contributed by atoms with Crippen LogP contribution < -0.4 is 0 Å². The summed E-state index contributed by atoms with van der Waals surface area (Å²) in [7, 11) is 0. The zero-order valence-corrected chi connectivity index (χ0v) is 10.8. The number of rotatable bonds is 4. The molecule has 0 fully saturated rings. The molecule has 1 N–H and O–H groups in total. The van der Waals surface area contributed by atoms with Gasteiger partial charge in [-0.2, -0.15) is 0 Å². The van der Waals surface area contributed by atoms with Crippen LogP contribution in [0.25, 0.3) is 0 Å². The van der Waals surface area contributed by atoms with Crippen LogP contribution in [0.5, 0.6) is 0 Å². The van der Waals surface area contributed by atoms with Gasteiger partial charge in [0.15, 0.2) is 0 Å². The average molecular weight is 269 g/mol. The number of hydrogen-bond donors (Lipinski definition) is 1. The molecule has 2 nitrogen and oxygen atoms in total. The summed E-state index contributed by atoms with van der Waals surface area (Å²) >= 11 is 3.40. The molecule has 15 heavy (non-hydrogen) atoms. The van der Waals surface area contributed by atoms with E-state index in [-0.39, 0.29) is 0 Å². The van der Waals surface area contributed by atoms with Crippen LogP contribution in [0.15, 0.2) is 28.7 Å². The van der Waals surface area contributed by atoms with E-state index in [9.17, 15) is 0 Å². The predicted octanol–water partition coefficient (Wildman–Crippen LogP) is 3.31. The SMILES string of the molecule is CCN(CC)C(=N)Cc1ccc(Br)cc1. The second-order valence-corrected chi connectivity index (χ2v) is 4.34. The van der Waals surface area contributed by atoms with Crippen molar-refractivity contribution in [2.45, 2.75) is 20.3 Å². The number of hydrogen-bond acceptors (Lipinski definition) is 1. The number of halogens is 1. The molecule has 0 heterocycles. The van der Waals surface area contributed by atoms with Crippen LogP contribution in [0.3, 0.4) is 0 Å². The lowest BCUT2D eigenvalue weighted by Crippen LogP contribution is -2.31. The van der Waals surface area contributed by atoms with Gasteiger partial charge in [0.05, 0.1) is 0 Å². The fourth-order valence-corrected chi connectivity index (χ4v) is 1.78. The number of benzene rings is 1. The quantitative estimate of drug-likeness (QED) is 0.659. The maximum absolute atomic E-state index is 7.95. The van der Waals surface area contributed by atoms with Crippen LogP contribution in [-0.4, -0.2) is 23.8 Å². The van der Waals surface area contributed by atoms with Gasteiger partial charge in [0, 0.05) is 24.0 Å². The van der Waals surface area contributed by atoms with E-state index >= 15 is 0 Å². The van der Waals surface area contributed by atoms with Gasteiger partial charge < -0.3 is 4.90 Å². The van der Waals surface area contributed by atoms with Crippen LogP contribution in [0.2, 0.25) is 0 Å². The second-order valence-electron chi connectivity index (χ2n) is 3.42. The Hall–Kier alpha value is -0.830. The standard InChI is InChI=1S/C12H17BrN2/c1-3-15(4-2)12(14)9-10-5-7-11(13)8-6-10/h5-8,14H,3-4,9H2,1-2H3. The highest BCUT2D eigenvalue weighted by Crippen LogP contribution is 2.11. The summed E-state index contributed by atoms with van der Waals surface area (Å²) in [6.45, 7) is 5.98. The van der Waals surface area contributed by atoms with Crippen LogP contribution >= 0.6 is 15.9 Å². The summed E-state index contributed by atoms with van der Waals surface area (Å²) in [5.74, 6) is 0.697.